The molecule has 0 saturated heterocycles. The maximum atomic E-state index is 12.3. The van der Waals surface area contributed by atoms with E-state index in [1.165, 1.54) is 0 Å². The molecule has 1 rings (SSSR count). The number of halogens is 3. The smallest absolute Gasteiger partial charge is 0.339 e. The molecule has 1 N–H and O–H groups in total. The molecule has 0 aromatic heterocycles. The Morgan fingerprint density at radius 2 is 2.05 bits per heavy atom. The standard InChI is InChI=1S/C11H12ClF2NO5S/c1-15(5-9(13)14)21(18,19)8-4-6(12)3-7(11(16)17)10(8)20-2/h3-4,9H,5H2,1-2H3,(H,16,17). The number of carboxylic acid groups (broad SMARTS) is 1. The lowest BCUT2D eigenvalue weighted by Crippen LogP contribution is -2.31. The summed E-state index contributed by atoms with van der Waals surface area (Å²) in [7, 11) is -2.36. The van der Waals surface area contributed by atoms with E-state index in [-0.39, 0.29) is 5.02 Å². The van der Waals surface area contributed by atoms with E-state index in [1.807, 2.05) is 0 Å². The van der Waals surface area contributed by atoms with E-state index in [9.17, 15) is 22.0 Å². The van der Waals surface area contributed by atoms with Gasteiger partial charge in [0.25, 0.3) is 6.43 Å². The second kappa shape index (κ2) is 6.54. The van der Waals surface area contributed by atoms with Gasteiger partial charge in [-0.05, 0) is 12.1 Å². The normalized spacial score (nSPS) is 12.0. The van der Waals surface area contributed by atoms with E-state index in [1.54, 1.807) is 0 Å². The Morgan fingerprint density at radius 1 is 1.48 bits per heavy atom. The van der Waals surface area contributed by atoms with Gasteiger partial charge in [0.15, 0.2) is 5.75 Å². The highest BCUT2D eigenvalue weighted by Crippen LogP contribution is 2.33. The first-order valence-corrected chi connectivity index (χ1v) is 7.28. The lowest BCUT2D eigenvalue weighted by molar-refractivity contribution is 0.0692. The van der Waals surface area contributed by atoms with Crippen molar-refractivity contribution >= 4 is 27.6 Å². The molecule has 6 nitrogen and oxygen atoms in total. The lowest BCUT2D eigenvalue weighted by atomic mass is 10.2. The molecule has 118 valence electrons. The van der Waals surface area contributed by atoms with Crippen LogP contribution in [0.25, 0.3) is 0 Å². The third-order valence-electron chi connectivity index (χ3n) is 2.54. The van der Waals surface area contributed by atoms with Gasteiger partial charge in [0.1, 0.15) is 10.5 Å². The SMILES string of the molecule is COc1c(C(=O)O)cc(Cl)cc1S(=O)(=O)N(C)CC(F)F. The van der Waals surface area contributed by atoms with Crippen molar-refractivity contribution in [2.45, 2.75) is 11.3 Å². The van der Waals surface area contributed by atoms with Crippen LogP contribution in [0.5, 0.6) is 5.75 Å². The number of alkyl halides is 2. The summed E-state index contributed by atoms with van der Waals surface area (Å²) in [6.45, 7) is -1.04. The topological polar surface area (TPSA) is 83.9 Å². The lowest BCUT2D eigenvalue weighted by Gasteiger charge is -2.19. The van der Waals surface area contributed by atoms with Gasteiger partial charge in [0.2, 0.25) is 10.0 Å². The van der Waals surface area contributed by atoms with Crippen molar-refractivity contribution in [3.05, 3.63) is 22.7 Å². The molecule has 0 unspecified atom stereocenters. The summed E-state index contributed by atoms with van der Waals surface area (Å²) in [5, 5.41) is 8.86. The van der Waals surface area contributed by atoms with E-state index in [2.05, 4.69) is 0 Å². The second-order valence-electron chi connectivity index (χ2n) is 3.97. The maximum absolute atomic E-state index is 12.3. The Bertz CT molecular complexity index is 650. The molecule has 21 heavy (non-hydrogen) atoms. The van der Waals surface area contributed by atoms with Gasteiger partial charge >= 0.3 is 5.97 Å². The highest BCUT2D eigenvalue weighted by Gasteiger charge is 2.30. The Balaban J connectivity index is 3.51. The van der Waals surface area contributed by atoms with Crippen LogP contribution in [0.15, 0.2) is 17.0 Å². The van der Waals surface area contributed by atoms with Crippen LogP contribution in [0.1, 0.15) is 10.4 Å². The molecule has 0 radical (unpaired) electrons. The van der Waals surface area contributed by atoms with Crippen molar-refractivity contribution in [2.75, 3.05) is 20.7 Å². The number of carbonyl (C=O) groups is 1. The van der Waals surface area contributed by atoms with Crippen LogP contribution in [0, 0.1) is 0 Å². The van der Waals surface area contributed by atoms with Crippen LogP contribution < -0.4 is 4.74 Å². The van der Waals surface area contributed by atoms with Gasteiger partial charge in [-0.2, -0.15) is 4.31 Å². The Labute approximate surface area is 124 Å². The number of carboxylic acids is 1. The van der Waals surface area contributed by atoms with E-state index < -0.39 is 45.2 Å². The van der Waals surface area contributed by atoms with Crippen molar-refractivity contribution in [1.82, 2.24) is 4.31 Å². The molecular formula is C11H12ClF2NO5S. The summed E-state index contributed by atoms with van der Waals surface area (Å²) in [5.74, 6) is -1.92. The molecule has 0 aliphatic rings. The van der Waals surface area contributed by atoms with Crippen molar-refractivity contribution in [2.24, 2.45) is 0 Å². The van der Waals surface area contributed by atoms with Crippen LogP contribution in [0.3, 0.4) is 0 Å². The number of aromatic carboxylic acids is 1. The minimum Gasteiger partial charge on any atom is -0.494 e. The van der Waals surface area contributed by atoms with Gasteiger partial charge in [-0.3, -0.25) is 0 Å². The fourth-order valence-electron chi connectivity index (χ4n) is 1.59. The Kier molecular flexibility index (Phi) is 5.48. The van der Waals surface area contributed by atoms with Crippen LogP contribution in [0.4, 0.5) is 8.78 Å². The summed E-state index contributed by atoms with van der Waals surface area (Å²) in [4.78, 5) is 10.5. The van der Waals surface area contributed by atoms with Gasteiger partial charge in [0, 0.05) is 12.1 Å². The molecule has 1 aromatic rings. The Hall–Kier alpha value is -1.45. The zero-order valence-electron chi connectivity index (χ0n) is 11.0. The average molecular weight is 344 g/mol. The summed E-state index contributed by atoms with van der Waals surface area (Å²) >= 11 is 5.69. The molecule has 0 saturated carbocycles. The van der Waals surface area contributed by atoms with Crippen molar-refractivity contribution in [1.29, 1.82) is 0 Å². The zero-order chi connectivity index (χ0) is 16.4. The number of methoxy groups -OCH3 is 1. The minimum atomic E-state index is -4.37. The fourth-order valence-corrected chi connectivity index (χ4v) is 3.22. The molecule has 0 aliphatic carbocycles. The number of nitrogens with zero attached hydrogens (tertiary/aromatic N) is 1. The molecule has 0 spiro atoms. The number of ether oxygens (including phenoxy) is 1. The first-order valence-electron chi connectivity index (χ1n) is 5.46. The van der Waals surface area contributed by atoms with Crippen molar-refractivity contribution in [3.63, 3.8) is 0 Å². The highest BCUT2D eigenvalue weighted by atomic mass is 35.5. The zero-order valence-corrected chi connectivity index (χ0v) is 12.6. The summed E-state index contributed by atoms with van der Waals surface area (Å²) in [5.41, 5.74) is -0.478. The molecule has 0 fully saturated rings. The van der Waals surface area contributed by atoms with Crippen LogP contribution >= 0.6 is 11.6 Å². The summed E-state index contributed by atoms with van der Waals surface area (Å²) in [6.07, 6.45) is -2.88. The minimum absolute atomic E-state index is 0.169. The van der Waals surface area contributed by atoms with Crippen molar-refractivity contribution < 1.29 is 31.8 Å². The Morgan fingerprint density at radius 3 is 2.48 bits per heavy atom. The maximum Gasteiger partial charge on any atom is 0.339 e. The molecule has 0 bridgehead atoms. The van der Waals surface area contributed by atoms with Crippen LogP contribution in [-0.4, -0.2) is 50.9 Å². The summed E-state index contributed by atoms with van der Waals surface area (Å²) < 4.78 is 54.4. The predicted octanol–water partition coefficient (Wildman–Crippen LogP) is 1.93. The predicted molar refractivity (Wildman–Crippen MR) is 70.8 cm³/mol. The first kappa shape index (κ1) is 17.6. The van der Waals surface area contributed by atoms with E-state index >= 15 is 0 Å². The number of rotatable bonds is 6. The highest BCUT2D eigenvalue weighted by molar-refractivity contribution is 7.89. The van der Waals surface area contributed by atoms with Gasteiger partial charge in [0.05, 0.1) is 13.7 Å². The molecule has 0 atom stereocenters. The number of benzene rings is 1. The third kappa shape index (κ3) is 3.80. The van der Waals surface area contributed by atoms with Gasteiger partial charge in [-0.15, -0.1) is 0 Å². The number of hydrogen-bond acceptors (Lipinski definition) is 4. The van der Waals surface area contributed by atoms with Gasteiger partial charge in [-0.1, -0.05) is 11.6 Å². The molecule has 0 aliphatic heterocycles. The van der Waals surface area contributed by atoms with E-state index in [4.69, 9.17) is 21.4 Å². The van der Waals surface area contributed by atoms with E-state index in [0.717, 1.165) is 26.3 Å². The fraction of sp³-hybridized carbons (Fsp3) is 0.364. The number of sulfonamides is 1. The number of hydrogen-bond donors (Lipinski definition) is 1. The largest absolute Gasteiger partial charge is 0.494 e. The quantitative estimate of drug-likeness (QED) is 0.853. The molecule has 10 heteroatoms. The van der Waals surface area contributed by atoms with Crippen molar-refractivity contribution in [3.8, 4) is 5.75 Å². The molecule has 1 aromatic carbocycles. The van der Waals surface area contributed by atoms with Crippen LogP contribution in [-0.2, 0) is 10.0 Å². The second-order valence-corrected chi connectivity index (χ2v) is 6.42. The first-order chi connectivity index (χ1) is 9.61. The molecular weight excluding hydrogens is 332 g/mol. The van der Waals surface area contributed by atoms with Gasteiger partial charge in [-0.25, -0.2) is 22.0 Å². The average Bonchev–Trinajstić information content (AvgIpc) is 2.36. The third-order valence-corrected chi connectivity index (χ3v) is 4.58. The van der Waals surface area contributed by atoms with Gasteiger partial charge < -0.3 is 9.84 Å². The summed E-state index contributed by atoms with van der Waals surface area (Å²) in [6, 6.07) is 1.96. The van der Waals surface area contributed by atoms with E-state index in [0.29, 0.717) is 4.31 Å². The molecule has 0 amide bonds. The van der Waals surface area contributed by atoms with Crippen LogP contribution in [0.2, 0.25) is 5.02 Å². The molecule has 0 heterocycles. The monoisotopic (exact) mass is 343 g/mol.